The average molecular weight is 310 g/mol. The van der Waals surface area contributed by atoms with Gasteiger partial charge >= 0.3 is 0 Å². The van der Waals surface area contributed by atoms with E-state index < -0.39 is 10.0 Å². The Bertz CT molecular complexity index is 611. The van der Waals surface area contributed by atoms with Crippen LogP contribution in [0.1, 0.15) is 43.7 Å². The van der Waals surface area contributed by atoms with E-state index in [1.165, 1.54) is 19.3 Å². The van der Waals surface area contributed by atoms with Crippen molar-refractivity contribution in [3.8, 4) is 0 Å². The molecule has 0 aliphatic heterocycles. The van der Waals surface area contributed by atoms with Crippen molar-refractivity contribution >= 4 is 15.7 Å². The number of nitrogens with two attached hydrogens (primary N) is 1. The van der Waals surface area contributed by atoms with Crippen LogP contribution < -0.4 is 10.5 Å². The Morgan fingerprint density at radius 2 is 1.81 bits per heavy atom. The number of nitrogens with one attached hydrogen (secondary N) is 1. The smallest absolute Gasteiger partial charge is 0.242 e. The molecule has 1 fully saturated rings. The van der Waals surface area contributed by atoms with Crippen LogP contribution in [0.5, 0.6) is 0 Å². The van der Waals surface area contributed by atoms with Crippen molar-refractivity contribution in [2.24, 2.45) is 11.8 Å². The summed E-state index contributed by atoms with van der Waals surface area (Å²) in [6.45, 7) is 6.34. The third-order valence-electron chi connectivity index (χ3n) is 4.70. The lowest BCUT2D eigenvalue weighted by Crippen LogP contribution is -2.34. The predicted molar refractivity (Wildman–Crippen MR) is 86.6 cm³/mol. The highest BCUT2D eigenvalue weighted by Crippen LogP contribution is 2.30. The van der Waals surface area contributed by atoms with E-state index in [1.807, 2.05) is 19.1 Å². The summed E-state index contributed by atoms with van der Waals surface area (Å²) in [5.74, 6) is 1.01. The SMILES string of the molecule is Cc1ccc(C)c(S(=O)(=O)NCC2CCCCC2C)c1N. The van der Waals surface area contributed by atoms with Crippen molar-refractivity contribution in [2.45, 2.75) is 51.3 Å². The van der Waals surface area contributed by atoms with Crippen molar-refractivity contribution in [3.63, 3.8) is 0 Å². The highest BCUT2D eigenvalue weighted by Gasteiger charge is 2.26. The van der Waals surface area contributed by atoms with Crippen LogP contribution in [0.25, 0.3) is 0 Å². The number of aryl methyl sites for hydroxylation is 2. The molecule has 1 aromatic carbocycles. The zero-order valence-electron chi connectivity index (χ0n) is 13.1. The molecule has 21 heavy (non-hydrogen) atoms. The second-order valence-corrected chi connectivity index (χ2v) is 8.02. The summed E-state index contributed by atoms with van der Waals surface area (Å²) in [6, 6.07) is 3.66. The first-order valence-corrected chi connectivity index (χ1v) is 9.16. The number of benzene rings is 1. The Hall–Kier alpha value is -1.07. The number of hydrogen-bond donors (Lipinski definition) is 2. The minimum absolute atomic E-state index is 0.242. The maximum absolute atomic E-state index is 12.6. The number of sulfonamides is 1. The molecule has 5 heteroatoms. The van der Waals surface area contributed by atoms with Crippen LogP contribution in [-0.2, 0) is 10.0 Å². The van der Waals surface area contributed by atoms with Gasteiger partial charge in [-0.25, -0.2) is 13.1 Å². The molecule has 0 saturated heterocycles. The molecule has 0 spiro atoms. The van der Waals surface area contributed by atoms with Crippen LogP contribution in [0, 0.1) is 25.7 Å². The van der Waals surface area contributed by atoms with Crippen molar-refractivity contribution < 1.29 is 8.42 Å². The Labute approximate surface area is 128 Å². The van der Waals surface area contributed by atoms with Gasteiger partial charge in [0.15, 0.2) is 0 Å². The Kier molecular flexibility index (Phi) is 4.94. The molecule has 3 N–H and O–H groups in total. The third-order valence-corrected chi connectivity index (χ3v) is 6.33. The van der Waals surface area contributed by atoms with Gasteiger partial charge in [-0.05, 0) is 43.2 Å². The quantitative estimate of drug-likeness (QED) is 0.840. The third kappa shape index (κ3) is 3.58. The minimum atomic E-state index is -3.54. The maximum atomic E-state index is 12.6. The van der Waals surface area contributed by atoms with Gasteiger partial charge in [0.25, 0.3) is 0 Å². The largest absolute Gasteiger partial charge is 0.397 e. The summed E-state index contributed by atoms with van der Waals surface area (Å²) in [4.78, 5) is 0.242. The Balaban J connectivity index is 2.17. The number of anilines is 1. The van der Waals surface area contributed by atoms with E-state index in [9.17, 15) is 8.42 Å². The van der Waals surface area contributed by atoms with E-state index in [-0.39, 0.29) is 4.90 Å². The molecule has 2 atom stereocenters. The van der Waals surface area contributed by atoms with E-state index in [0.29, 0.717) is 29.6 Å². The summed E-state index contributed by atoms with van der Waals surface area (Å²) >= 11 is 0. The molecule has 118 valence electrons. The highest BCUT2D eigenvalue weighted by molar-refractivity contribution is 7.89. The van der Waals surface area contributed by atoms with E-state index in [1.54, 1.807) is 6.92 Å². The van der Waals surface area contributed by atoms with Gasteiger partial charge < -0.3 is 5.73 Å². The van der Waals surface area contributed by atoms with Gasteiger partial charge in [0.1, 0.15) is 4.90 Å². The van der Waals surface area contributed by atoms with Gasteiger partial charge in [-0.2, -0.15) is 0 Å². The first-order valence-electron chi connectivity index (χ1n) is 7.68. The molecule has 4 nitrogen and oxygen atoms in total. The molecule has 0 aromatic heterocycles. The first-order chi connectivity index (χ1) is 9.83. The minimum Gasteiger partial charge on any atom is -0.397 e. The zero-order chi connectivity index (χ0) is 15.6. The fourth-order valence-electron chi connectivity index (χ4n) is 3.15. The molecule has 2 rings (SSSR count). The van der Waals surface area contributed by atoms with E-state index in [0.717, 1.165) is 12.0 Å². The molecule has 1 saturated carbocycles. The summed E-state index contributed by atoms with van der Waals surface area (Å²) in [6.07, 6.45) is 4.75. The molecule has 1 aliphatic carbocycles. The molecule has 0 bridgehead atoms. The van der Waals surface area contributed by atoms with Gasteiger partial charge in [-0.15, -0.1) is 0 Å². The molecule has 2 unspecified atom stereocenters. The van der Waals surface area contributed by atoms with Crippen molar-refractivity contribution in [3.05, 3.63) is 23.3 Å². The predicted octanol–water partition coefficient (Wildman–Crippen LogP) is 2.99. The highest BCUT2D eigenvalue weighted by atomic mass is 32.2. The van der Waals surface area contributed by atoms with E-state index in [2.05, 4.69) is 11.6 Å². The fraction of sp³-hybridized carbons (Fsp3) is 0.625. The van der Waals surface area contributed by atoms with Gasteiger partial charge in [-0.3, -0.25) is 0 Å². The lowest BCUT2D eigenvalue weighted by molar-refractivity contribution is 0.257. The van der Waals surface area contributed by atoms with Crippen LogP contribution in [0.4, 0.5) is 5.69 Å². The average Bonchev–Trinajstić information content (AvgIpc) is 2.42. The molecular weight excluding hydrogens is 284 g/mol. The topological polar surface area (TPSA) is 72.2 Å². The van der Waals surface area contributed by atoms with E-state index in [4.69, 9.17) is 5.73 Å². The van der Waals surface area contributed by atoms with Gasteiger partial charge in [0, 0.05) is 6.54 Å². The molecular formula is C16H26N2O2S. The molecule has 0 radical (unpaired) electrons. The summed E-state index contributed by atoms with van der Waals surface area (Å²) in [5.41, 5.74) is 7.84. The second-order valence-electron chi connectivity index (χ2n) is 6.32. The first kappa shape index (κ1) is 16.3. The lowest BCUT2D eigenvalue weighted by Gasteiger charge is -2.28. The fourth-order valence-corrected chi connectivity index (χ4v) is 4.67. The van der Waals surface area contributed by atoms with Crippen LogP contribution in [-0.4, -0.2) is 15.0 Å². The van der Waals surface area contributed by atoms with Crippen molar-refractivity contribution in [2.75, 3.05) is 12.3 Å². The monoisotopic (exact) mass is 310 g/mol. The van der Waals surface area contributed by atoms with Crippen LogP contribution in [0.2, 0.25) is 0 Å². The molecule has 1 aromatic rings. The zero-order valence-corrected chi connectivity index (χ0v) is 14.0. The van der Waals surface area contributed by atoms with Gasteiger partial charge in [0.05, 0.1) is 5.69 Å². The van der Waals surface area contributed by atoms with Gasteiger partial charge in [-0.1, -0.05) is 38.3 Å². The van der Waals surface area contributed by atoms with Crippen LogP contribution in [0.3, 0.4) is 0 Å². The second kappa shape index (κ2) is 6.36. The maximum Gasteiger partial charge on any atom is 0.242 e. The normalized spacial score (nSPS) is 23.2. The summed E-state index contributed by atoms with van der Waals surface area (Å²) in [7, 11) is -3.54. The van der Waals surface area contributed by atoms with Crippen molar-refractivity contribution in [1.29, 1.82) is 0 Å². The number of rotatable bonds is 4. The van der Waals surface area contributed by atoms with Crippen LogP contribution >= 0.6 is 0 Å². The summed E-state index contributed by atoms with van der Waals surface area (Å²) < 4.78 is 27.9. The van der Waals surface area contributed by atoms with Crippen LogP contribution in [0.15, 0.2) is 17.0 Å². The van der Waals surface area contributed by atoms with E-state index >= 15 is 0 Å². The number of nitrogen functional groups attached to an aromatic ring is 1. The molecule has 1 aliphatic rings. The Morgan fingerprint density at radius 3 is 2.48 bits per heavy atom. The standard InChI is InChI=1S/C16H26N2O2S/c1-11-6-4-5-7-14(11)10-18-21(19,20)16-13(3)9-8-12(2)15(16)17/h8-9,11,14,18H,4-7,10,17H2,1-3H3. The van der Waals surface area contributed by atoms with Crippen molar-refractivity contribution in [1.82, 2.24) is 4.72 Å². The molecule has 0 heterocycles. The summed E-state index contributed by atoms with van der Waals surface area (Å²) in [5, 5.41) is 0. The molecule has 0 amide bonds. The Morgan fingerprint density at radius 1 is 1.19 bits per heavy atom. The van der Waals surface area contributed by atoms with Gasteiger partial charge in [0.2, 0.25) is 10.0 Å². The lowest BCUT2D eigenvalue weighted by atomic mass is 9.81. The number of hydrogen-bond acceptors (Lipinski definition) is 3.